The lowest BCUT2D eigenvalue weighted by molar-refractivity contribution is -0.132. The summed E-state index contributed by atoms with van der Waals surface area (Å²) in [4.78, 5) is 13.0. The number of hydrogen-bond acceptors (Lipinski definition) is 4. The fourth-order valence-corrected chi connectivity index (χ4v) is 1.62. The molecule has 0 spiro atoms. The first-order valence-corrected chi connectivity index (χ1v) is 4.96. The summed E-state index contributed by atoms with van der Waals surface area (Å²) in [5.74, 6) is -0.178. The van der Waals surface area contributed by atoms with Crippen molar-refractivity contribution in [1.82, 2.24) is 4.90 Å². The van der Waals surface area contributed by atoms with Gasteiger partial charge in [-0.15, -0.1) is 0 Å². The van der Waals surface area contributed by atoms with Gasteiger partial charge in [-0.3, -0.25) is 4.79 Å². The van der Waals surface area contributed by atoms with Crippen molar-refractivity contribution in [2.45, 2.75) is 38.0 Å². The molecular weight excluding hydrogens is 184 g/mol. The van der Waals surface area contributed by atoms with E-state index in [0.717, 1.165) is 6.42 Å². The van der Waals surface area contributed by atoms with Crippen molar-refractivity contribution >= 4 is 5.91 Å². The second-order valence-electron chi connectivity index (χ2n) is 3.77. The number of aliphatic hydroxyl groups excluding tert-OH is 2. The Balaban J connectivity index is 2.46. The lowest BCUT2D eigenvalue weighted by atomic mass is 10.1. The van der Waals surface area contributed by atoms with Gasteiger partial charge in [0.1, 0.15) is 0 Å². The largest absolute Gasteiger partial charge is 0.388 e. The van der Waals surface area contributed by atoms with Gasteiger partial charge in [-0.05, 0) is 6.42 Å². The van der Waals surface area contributed by atoms with Gasteiger partial charge < -0.3 is 20.8 Å². The Labute approximate surface area is 83.5 Å². The lowest BCUT2D eigenvalue weighted by Gasteiger charge is -2.19. The fraction of sp³-hybridized carbons (Fsp3) is 0.889. The molecule has 1 aliphatic rings. The summed E-state index contributed by atoms with van der Waals surface area (Å²) in [5, 5.41) is 18.5. The van der Waals surface area contributed by atoms with Crippen LogP contribution in [0.3, 0.4) is 0 Å². The third-order valence-electron chi connectivity index (χ3n) is 2.49. The van der Waals surface area contributed by atoms with Gasteiger partial charge in [0.2, 0.25) is 5.91 Å². The summed E-state index contributed by atoms with van der Waals surface area (Å²) < 4.78 is 0. The van der Waals surface area contributed by atoms with Crippen LogP contribution >= 0.6 is 0 Å². The molecule has 4 N–H and O–H groups in total. The van der Waals surface area contributed by atoms with E-state index in [9.17, 15) is 15.0 Å². The Hall–Kier alpha value is -0.650. The maximum absolute atomic E-state index is 11.6. The molecule has 0 aromatic carbocycles. The van der Waals surface area contributed by atoms with Crippen molar-refractivity contribution in [3.8, 4) is 0 Å². The van der Waals surface area contributed by atoms with Gasteiger partial charge in [0.05, 0.1) is 18.2 Å². The van der Waals surface area contributed by atoms with E-state index in [4.69, 9.17) is 5.73 Å². The maximum Gasteiger partial charge on any atom is 0.239 e. The lowest BCUT2D eigenvalue weighted by Crippen LogP contribution is -2.43. The second kappa shape index (κ2) is 4.72. The number of carbonyl (C=O) groups excluding carboxylic acids is 1. The van der Waals surface area contributed by atoms with Crippen LogP contribution in [0.25, 0.3) is 0 Å². The van der Waals surface area contributed by atoms with Crippen LogP contribution in [0, 0.1) is 0 Å². The average Bonchev–Trinajstić information content (AvgIpc) is 2.46. The molecule has 1 rings (SSSR count). The Morgan fingerprint density at radius 1 is 1.50 bits per heavy atom. The fourth-order valence-electron chi connectivity index (χ4n) is 1.62. The molecule has 3 atom stereocenters. The van der Waals surface area contributed by atoms with Crippen LogP contribution in [-0.4, -0.2) is 52.4 Å². The quantitative estimate of drug-likeness (QED) is 0.529. The molecule has 1 amide bonds. The van der Waals surface area contributed by atoms with Gasteiger partial charge >= 0.3 is 0 Å². The van der Waals surface area contributed by atoms with E-state index in [2.05, 4.69) is 0 Å². The first-order valence-electron chi connectivity index (χ1n) is 4.96. The molecule has 1 fully saturated rings. The third-order valence-corrected chi connectivity index (χ3v) is 2.49. The minimum Gasteiger partial charge on any atom is -0.388 e. The van der Waals surface area contributed by atoms with Gasteiger partial charge in [0.25, 0.3) is 0 Å². The molecule has 0 radical (unpaired) electrons. The SMILES string of the molecule is CCCC(N)C(=O)N1C[C@@H](O)[C@@H](O)C1. The Morgan fingerprint density at radius 2 is 2.00 bits per heavy atom. The van der Waals surface area contributed by atoms with Crippen LogP contribution in [0.4, 0.5) is 0 Å². The van der Waals surface area contributed by atoms with Crippen molar-refractivity contribution in [3.05, 3.63) is 0 Å². The zero-order valence-corrected chi connectivity index (χ0v) is 8.39. The van der Waals surface area contributed by atoms with Crippen molar-refractivity contribution in [3.63, 3.8) is 0 Å². The highest BCUT2D eigenvalue weighted by molar-refractivity contribution is 5.82. The maximum atomic E-state index is 11.6. The summed E-state index contributed by atoms with van der Waals surface area (Å²) in [6.07, 6.45) is -0.159. The summed E-state index contributed by atoms with van der Waals surface area (Å²) in [6.45, 7) is 2.34. The van der Waals surface area contributed by atoms with Gasteiger partial charge in [-0.2, -0.15) is 0 Å². The molecule has 82 valence electrons. The standard InChI is InChI=1S/C9H18N2O3/c1-2-3-6(10)9(14)11-4-7(12)8(13)5-11/h6-8,12-13H,2-5,10H2,1H3/t6?,7-,8+. The minimum absolute atomic E-state index is 0.178. The zero-order chi connectivity index (χ0) is 10.7. The first kappa shape index (κ1) is 11.4. The van der Waals surface area contributed by atoms with E-state index in [1.54, 1.807) is 0 Å². The molecule has 0 bridgehead atoms. The third kappa shape index (κ3) is 2.43. The van der Waals surface area contributed by atoms with Gasteiger partial charge in [0.15, 0.2) is 0 Å². The molecule has 5 heteroatoms. The highest BCUT2D eigenvalue weighted by Crippen LogP contribution is 2.11. The van der Waals surface area contributed by atoms with Crippen molar-refractivity contribution in [1.29, 1.82) is 0 Å². The van der Waals surface area contributed by atoms with Crippen LogP contribution in [0.15, 0.2) is 0 Å². The van der Waals surface area contributed by atoms with Crippen molar-refractivity contribution in [2.24, 2.45) is 5.73 Å². The molecule has 14 heavy (non-hydrogen) atoms. The number of β-amino-alcohol motifs (C(OH)–C–C–N with tert-alkyl or cyclic N) is 2. The smallest absolute Gasteiger partial charge is 0.239 e. The summed E-state index contributed by atoms with van der Waals surface area (Å²) in [7, 11) is 0. The molecule has 0 saturated carbocycles. The first-order chi connectivity index (χ1) is 6.56. The van der Waals surface area contributed by atoms with Crippen molar-refractivity contribution < 1.29 is 15.0 Å². The number of carbonyl (C=O) groups is 1. The van der Waals surface area contributed by atoms with Gasteiger partial charge in [-0.1, -0.05) is 13.3 Å². The highest BCUT2D eigenvalue weighted by Gasteiger charge is 2.34. The molecule has 0 aliphatic carbocycles. The molecule has 0 aromatic heterocycles. The minimum atomic E-state index is -0.826. The van der Waals surface area contributed by atoms with E-state index >= 15 is 0 Å². The molecule has 0 aromatic rings. The number of aliphatic hydroxyl groups is 2. The molecule has 1 unspecified atom stereocenters. The zero-order valence-electron chi connectivity index (χ0n) is 8.39. The second-order valence-corrected chi connectivity index (χ2v) is 3.77. The van der Waals surface area contributed by atoms with Crippen molar-refractivity contribution in [2.75, 3.05) is 13.1 Å². The van der Waals surface area contributed by atoms with Crippen LogP contribution < -0.4 is 5.73 Å². The van der Waals surface area contributed by atoms with Crippen LogP contribution in [0.5, 0.6) is 0 Å². The predicted octanol–water partition coefficient (Wildman–Crippen LogP) is -1.32. The Kier molecular flexibility index (Phi) is 3.86. The summed E-state index contributed by atoms with van der Waals surface area (Å²) in [5.41, 5.74) is 5.64. The molecular formula is C9H18N2O3. The number of hydrogen-bond donors (Lipinski definition) is 3. The van der Waals surface area contributed by atoms with Crippen LogP contribution in [0.1, 0.15) is 19.8 Å². The average molecular weight is 202 g/mol. The predicted molar refractivity (Wildman–Crippen MR) is 51.5 cm³/mol. The Morgan fingerprint density at radius 3 is 2.43 bits per heavy atom. The number of nitrogens with two attached hydrogens (primary N) is 1. The summed E-state index contributed by atoms with van der Waals surface area (Å²) >= 11 is 0. The van der Waals surface area contributed by atoms with E-state index in [0.29, 0.717) is 6.42 Å². The number of likely N-dealkylation sites (tertiary alicyclic amines) is 1. The molecule has 5 nitrogen and oxygen atoms in total. The molecule has 1 saturated heterocycles. The van der Waals surface area contributed by atoms with Crippen LogP contribution in [-0.2, 0) is 4.79 Å². The monoisotopic (exact) mass is 202 g/mol. The van der Waals surface area contributed by atoms with E-state index in [1.165, 1.54) is 4.90 Å². The molecule has 1 heterocycles. The highest BCUT2D eigenvalue weighted by atomic mass is 16.3. The summed E-state index contributed by atoms with van der Waals surface area (Å²) in [6, 6.07) is -0.502. The molecule has 1 aliphatic heterocycles. The Bertz CT molecular complexity index is 200. The number of rotatable bonds is 3. The van der Waals surface area contributed by atoms with Crippen LogP contribution in [0.2, 0.25) is 0 Å². The number of nitrogens with zero attached hydrogens (tertiary/aromatic N) is 1. The van der Waals surface area contributed by atoms with Gasteiger partial charge in [-0.25, -0.2) is 0 Å². The normalized spacial score (nSPS) is 29.3. The topological polar surface area (TPSA) is 86.8 Å². The van der Waals surface area contributed by atoms with E-state index in [1.807, 2.05) is 6.92 Å². The number of amides is 1. The van der Waals surface area contributed by atoms with E-state index in [-0.39, 0.29) is 19.0 Å². The van der Waals surface area contributed by atoms with E-state index < -0.39 is 18.2 Å². The van der Waals surface area contributed by atoms with Gasteiger partial charge in [0, 0.05) is 13.1 Å².